The smallest absolute Gasteiger partial charge is 0.170 e. The van der Waals surface area contributed by atoms with Gasteiger partial charge in [0.1, 0.15) is 7.85 Å². The molecule has 68 valence electrons. The van der Waals surface area contributed by atoms with Crippen LogP contribution in [0, 0.1) is 13.8 Å². The van der Waals surface area contributed by atoms with Crippen LogP contribution in [0.25, 0.3) is 11.3 Å². The zero-order valence-electron chi connectivity index (χ0n) is 8.24. The lowest BCUT2D eigenvalue weighted by Crippen LogP contribution is -1.99. The molecule has 0 spiro atoms. The van der Waals surface area contributed by atoms with Crippen LogP contribution < -0.4 is 5.46 Å². The third-order valence-electron chi connectivity index (χ3n) is 2.33. The zero-order valence-corrected chi connectivity index (χ0v) is 8.24. The van der Waals surface area contributed by atoms with Crippen molar-refractivity contribution in [1.29, 1.82) is 0 Å². The highest BCUT2D eigenvalue weighted by Crippen LogP contribution is 2.24. The van der Waals surface area contributed by atoms with Gasteiger partial charge in [-0.1, -0.05) is 34.9 Å². The Labute approximate surface area is 84.3 Å². The van der Waals surface area contributed by atoms with Crippen molar-refractivity contribution in [3.05, 3.63) is 35.5 Å². The van der Waals surface area contributed by atoms with Gasteiger partial charge >= 0.3 is 0 Å². The molecule has 1 aromatic carbocycles. The first kappa shape index (κ1) is 9.07. The van der Waals surface area contributed by atoms with Gasteiger partial charge in [0.2, 0.25) is 0 Å². The molecule has 0 saturated carbocycles. The average molecular weight is 183 g/mol. The number of hydrogen-bond donors (Lipinski definition) is 0. The van der Waals surface area contributed by atoms with E-state index in [4.69, 9.17) is 12.4 Å². The van der Waals surface area contributed by atoms with Gasteiger partial charge in [-0.25, -0.2) is 0 Å². The number of rotatable bonds is 1. The molecule has 3 heteroatoms. The molecule has 2 aromatic rings. The largest absolute Gasteiger partial charge is 0.356 e. The van der Waals surface area contributed by atoms with Gasteiger partial charge in [0.15, 0.2) is 5.76 Å². The standard InChI is InChI=1S/C11H10BNO/c1-7-8(2)13-14-11(7)9-3-5-10(12)6-4-9/h3-6H,1-2H3. The van der Waals surface area contributed by atoms with Crippen molar-refractivity contribution in [3.8, 4) is 11.3 Å². The fourth-order valence-corrected chi connectivity index (χ4v) is 1.32. The van der Waals surface area contributed by atoms with Crippen molar-refractivity contribution in [2.75, 3.05) is 0 Å². The lowest BCUT2D eigenvalue weighted by molar-refractivity contribution is 0.427. The number of nitrogens with zero attached hydrogens (tertiary/aromatic N) is 1. The van der Waals surface area contributed by atoms with E-state index in [1.807, 2.05) is 38.1 Å². The van der Waals surface area contributed by atoms with Gasteiger partial charge in [-0.15, -0.1) is 0 Å². The minimum absolute atomic E-state index is 0.752. The third kappa shape index (κ3) is 1.46. The lowest BCUT2D eigenvalue weighted by atomic mass is 9.94. The summed E-state index contributed by atoms with van der Waals surface area (Å²) in [5.74, 6) is 0.822. The van der Waals surface area contributed by atoms with Crippen LogP contribution in [-0.2, 0) is 0 Å². The Kier molecular flexibility index (Phi) is 2.16. The van der Waals surface area contributed by atoms with Crippen molar-refractivity contribution in [2.45, 2.75) is 13.8 Å². The molecule has 2 rings (SSSR count). The van der Waals surface area contributed by atoms with E-state index in [-0.39, 0.29) is 0 Å². The first-order chi connectivity index (χ1) is 6.68. The second kappa shape index (κ2) is 3.33. The Morgan fingerprint density at radius 3 is 2.29 bits per heavy atom. The molecule has 1 aromatic heterocycles. The van der Waals surface area contributed by atoms with E-state index in [0.717, 1.165) is 28.0 Å². The molecule has 2 radical (unpaired) electrons. The predicted octanol–water partition coefficient (Wildman–Crippen LogP) is 1.75. The van der Waals surface area contributed by atoms with Crippen LogP contribution in [0.2, 0.25) is 0 Å². The van der Waals surface area contributed by atoms with E-state index in [1.165, 1.54) is 0 Å². The Balaban J connectivity index is 2.49. The van der Waals surface area contributed by atoms with Crippen LogP contribution in [0.1, 0.15) is 11.3 Å². The van der Waals surface area contributed by atoms with Gasteiger partial charge < -0.3 is 4.52 Å². The molecule has 1 heterocycles. The maximum atomic E-state index is 5.60. The highest BCUT2D eigenvalue weighted by atomic mass is 16.5. The van der Waals surface area contributed by atoms with Crippen molar-refractivity contribution < 1.29 is 4.52 Å². The molecule has 0 aliphatic carbocycles. The fraction of sp³-hybridized carbons (Fsp3) is 0.182. The van der Waals surface area contributed by atoms with Gasteiger partial charge in [-0.05, 0) is 13.8 Å². The minimum Gasteiger partial charge on any atom is -0.356 e. The van der Waals surface area contributed by atoms with Crippen LogP contribution >= 0.6 is 0 Å². The molecule has 0 atom stereocenters. The topological polar surface area (TPSA) is 26.0 Å². The number of hydrogen-bond acceptors (Lipinski definition) is 2. The highest BCUT2D eigenvalue weighted by Gasteiger charge is 2.09. The zero-order chi connectivity index (χ0) is 10.1. The molecular weight excluding hydrogens is 173 g/mol. The summed E-state index contributed by atoms with van der Waals surface area (Å²) in [6.07, 6.45) is 0. The summed E-state index contributed by atoms with van der Waals surface area (Å²) in [6.45, 7) is 3.93. The van der Waals surface area contributed by atoms with Crippen LogP contribution in [0.5, 0.6) is 0 Å². The van der Waals surface area contributed by atoms with Crippen molar-refractivity contribution in [1.82, 2.24) is 5.16 Å². The van der Waals surface area contributed by atoms with Gasteiger partial charge in [0.25, 0.3) is 0 Å². The molecule has 0 aliphatic rings. The summed E-state index contributed by atoms with van der Waals surface area (Å²) in [4.78, 5) is 0. The van der Waals surface area contributed by atoms with Crippen molar-refractivity contribution in [3.63, 3.8) is 0 Å². The van der Waals surface area contributed by atoms with Gasteiger partial charge in [0.05, 0.1) is 5.69 Å². The number of benzene rings is 1. The van der Waals surface area contributed by atoms with Gasteiger partial charge in [-0.3, -0.25) is 0 Å². The van der Waals surface area contributed by atoms with Gasteiger partial charge in [0, 0.05) is 11.1 Å². The van der Waals surface area contributed by atoms with E-state index in [2.05, 4.69) is 5.16 Å². The summed E-state index contributed by atoms with van der Waals surface area (Å²) in [7, 11) is 5.60. The molecule has 0 amide bonds. The van der Waals surface area contributed by atoms with E-state index < -0.39 is 0 Å². The summed E-state index contributed by atoms with van der Waals surface area (Å²) in [5.41, 5.74) is 3.77. The summed E-state index contributed by atoms with van der Waals surface area (Å²) in [6, 6.07) is 7.57. The monoisotopic (exact) mass is 183 g/mol. The number of aromatic nitrogens is 1. The summed E-state index contributed by atoms with van der Waals surface area (Å²) in [5, 5.41) is 3.91. The molecule has 0 saturated heterocycles. The maximum Gasteiger partial charge on any atom is 0.170 e. The predicted molar refractivity (Wildman–Crippen MR) is 56.8 cm³/mol. The van der Waals surface area contributed by atoms with E-state index in [1.54, 1.807) is 0 Å². The fourth-order valence-electron chi connectivity index (χ4n) is 1.32. The molecule has 2 nitrogen and oxygen atoms in total. The molecule has 0 aliphatic heterocycles. The quantitative estimate of drug-likeness (QED) is 0.629. The first-order valence-electron chi connectivity index (χ1n) is 4.47. The molecule has 0 fully saturated rings. The lowest BCUT2D eigenvalue weighted by Gasteiger charge is -1.98. The Morgan fingerprint density at radius 1 is 1.14 bits per heavy atom. The van der Waals surface area contributed by atoms with E-state index in [9.17, 15) is 0 Å². The van der Waals surface area contributed by atoms with E-state index in [0.29, 0.717) is 0 Å². The second-order valence-corrected chi connectivity index (χ2v) is 3.34. The molecule has 0 unspecified atom stereocenters. The van der Waals surface area contributed by atoms with Crippen LogP contribution in [0.3, 0.4) is 0 Å². The Bertz CT molecular complexity index is 445. The summed E-state index contributed by atoms with van der Waals surface area (Å²) >= 11 is 0. The van der Waals surface area contributed by atoms with E-state index >= 15 is 0 Å². The molecule has 0 bridgehead atoms. The first-order valence-corrected chi connectivity index (χ1v) is 4.47. The second-order valence-electron chi connectivity index (χ2n) is 3.34. The van der Waals surface area contributed by atoms with Crippen molar-refractivity contribution in [2.24, 2.45) is 0 Å². The Hall–Kier alpha value is -1.51. The van der Waals surface area contributed by atoms with Gasteiger partial charge in [-0.2, -0.15) is 0 Å². The molecular formula is C11H10BNO. The van der Waals surface area contributed by atoms with Crippen molar-refractivity contribution >= 4 is 13.3 Å². The molecule has 0 N–H and O–H groups in total. The van der Waals surface area contributed by atoms with Crippen LogP contribution in [-0.4, -0.2) is 13.0 Å². The summed E-state index contributed by atoms with van der Waals surface area (Å²) < 4.78 is 5.23. The van der Waals surface area contributed by atoms with Crippen LogP contribution in [0.15, 0.2) is 28.8 Å². The average Bonchev–Trinajstić information content (AvgIpc) is 2.50. The molecule has 14 heavy (non-hydrogen) atoms. The highest BCUT2D eigenvalue weighted by molar-refractivity contribution is 6.32. The Morgan fingerprint density at radius 2 is 1.79 bits per heavy atom. The maximum absolute atomic E-state index is 5.60. The third-order valence-corrected chi connectivity index (χ3v) is 2.33. The van der Waals surface area contributed by atoms with Crippen LogP contribution in [0.4, 0.5) is 0 Å². The SMILES string of the molecule is [B]c1ccc(-c2onc(C)c2C)cc1. The number of aryl methyl sites for hydroxylation is 1. The minimum atomic E-state index is 0.752. The normalized spacial score (nSPS) is 10.4.